The Morgan fingerprint density at radius 3 is 2.50 bits per heavy atom. The van der Waals surface area contributed by atoms with Gasteiger partial charge in [-0.2, -0.15) is 0 Å². The molecule has 1 aliphatic heterocycles. The van der Waals surface area contributed by atoms with Gasteiger partial charge >= 0.3 is 6.09 Å². The molecular formula is C14H20N2O4. The van der Waals surface area contributed by atoms with Crippen molar-refractivity contribution in [2.24, 2.45) is 0 Å². The van der Waals surface area contributed by atoms with E-state index >= 15 is 0 Å². The third-order valence-corrected chi connectivity index (χ3v) is 3.04. The fourth-order valence-electron chi connectivity index (χ4n) is 2.00. The van der Waals surface area contributed by atoms with E-state index in [1.54, 1.807) is 18.3 Å². The lowest BCUT2D eigenvalue weighted by molar-refractivity contribution is -0.103. The third kappa shape index (κ3) is 3.01. The highest BCUT2D eigenvalue weighted by Crippen LogP contribution is 2.32. The van der Waals surface area contributed by atoms with Crippen LogP contribution in [-0.4, -0.2) is 46.9 Å². The molecule has 0 spiro atoms. The quantitative estimate of drug-likeness (QED) is 0.889. The molecule has 1 aliphatic rings. The standard InChI is InChI=1S/C14H20N2O4/c1-13(2,3)20-12(17)16-8-14(18,9-16)10-5-6-11(19-4)15-7-10/h5-7,18H,8-9H2,1-4H3. The van der Waals surface area contributed by atoms with Crippen molar-refractivity contribution in [3.8, 4) is 5.88 Å². The molecule has 2 rings (SSSR count). The molecule has 0 aromatic carbocycles. The van der Waals surface area contributed by atoms with Gasteiger partial charge in [0.05, 0.1) is 20.2 Å². The Bertz CT molecular complexity index is 487. The monoisotopic (exact) mass is 280 g/mol. The van der Waals surface area contributed by atoms with Crippen LogP contribution < -0.4 is 4.74 Å². The van der Waals surface area contributed by atoms with Crippen molar-refractivity contribution in [1.29, 1.82) is 0 Å². The Balaban J connectivity index is 1.98. The summed E-state index contributed by atoms with van der Waals surface area (Å²) in [6.45, 7) is 5.84. The van der Waals surface area contributed by atoms with Gasteiger partial charge in [-0.1, -0.05) is 0 Å². The number of ether oxygens (including phenoxy) is 2. The van der Waals surface area contributed by atoms with Crippen molar-refractivity contribution < 1.29 is 19.4 Å². The van der Waals surface area contributed by atoms with Gasteiger partial charge in [0.15, 0.2) is 0 Å². The number of nitrogens with zero attached hydrogens (tertiary/aromatic N) is 2. The first-order chi connectivity index (χ1) is 9.23. The highest BCUT2D eigenvalue weighted by atomic mass is 16.6. The average molecular weight is 280 g/mol. The molecule has 1 N–H and O–H groups in total. The summed E-state index contributed by atoms with van der Waals surface area (Å²) in [4.78, 5) is 17.3. The number of methoxy groups -OCH3 is 1. The maximum absolute atomic E-state index is 11.8. The van der Waals surface area contributed by atoms with E-state index in [-0.39, 0.29) is 13.1 Å². The van der Waals surface area contributed by atoms with Crippen LogP contribution in [0.25, 0.3) is 0 Å². The van der Waals surface area contributed by atoms with E-state index in [4.69, 9.17) is 9.47 Å². The first-order valence-electron chi connectivity index (χ1n) is 6.44. The Hall–Kier alpha value is -1.82. The minimum Gasteiger partial charge on any atom is -0.481 e. The second kappa shape index (κ2) is 4.94. The SMILES string of the molecule is COc1ccc(C2(O)CN(C(=O)OC(C)(C)C)C2)cn1. The number of hydrogen-bond acceptors (Lipinski definition) is 5. The minimum absolute atomic E-state index is 0.204. The molecule has 1 fully saturated rings. The first-order valence-corrected chi connectivity index (χ1v) is 6.44. The van der Waals surface area contributed by atoms with Gasteiger partial charge in [-0.15, -0.1) is 0 Å². The third-order valence-electron chi connectivity index (χ3n) is 3.04. The summed E-state index contributed by atoms with van der Waals surface area (Å²) in [5.74, 6) is 0.487. The number of amides is 1. The number of carbonyl (C=O) groups is 1. The fraction of sp³-hybridized carbons (Fsp3) is 0.571. The van der Waals surface area contributed by atoms with E-state index in [0.29, 0.717) is 11.4 Å². The first kappa shape index (κ1) is 14.6. The molecule has 20 heavy (non-hydrogen) atoms. The Morgan fingerprint density at radius 2 is 2.05 bits per heavy atom. The van der Waals surface area contributed by atoms with Gasteiger partial charge in [-0.05, 0) is 26.8 Å². The number of pyridine rings is 1. The van der Waals surface area contributed by atoms with Gasteiger partial charge < -0.3 is 19.5 Å². The lowest BCUT2D eigenvalue weighted by atomic mass is 9.87. The van der Waals surface area contributed by atoms with E-state index in [9.17, 15) is 9.90 Å². The number of likely N-dealkylation sites (tertiary alicyclic amines) is 1. The Labute approximate surface area is 118 Å². The molecule has 1 aromatic rings. The molecule has 6 nitrogen and oxygen atoms in total. The molecule has 0 unspecified atom stereocenters. The zero-order chi connectivity index (χ0) is 15.0. The van der Waals surface area contributed by atoms with E-state index in [2.05, 4.69) is 4.98 Å². The summed E-state index contributed by atoms with van der Waals surface area (Å²) >= 11 is 0. The van der Waals surface area contributed by atoms with Gasteiger partial charge in [0, 0.05) is 17.8 Å². The lowest BCUT2D eigenvalue weighted by Gasteiger charge is -2.46. The fourth-order valence-corrected chi connectivity index (χ4v) is 2.00. The zero-order valence-corrected chi connectivity index (χ0v) is 12.2. The topological polar surface area (TPSA) is 71.9 Å². The van der Waals surface area contributed by atoms with Crippen LogP contribution in [-0.2, 0) is 10.3 Å². The molecule has 0 saturated carbocycles. The van der Waals surface area contributed by atoms with E-state index in [1.165, 1.54) is 12.0 Å². The number of aliphatic hydroxyl groups is 1. The predicted molar refractivity (Wildman–Crippen MR) is 72.5 cm³/mol. The zero-order valence-electron chi connectivity index (χ0n) is 12.2. The highest BCUT2D eigenvalue weighted by molar-refractivity contribution is 5.70. The van der Waals surface area contributed by atoms with E-state index in [1.807, 2.05) is 20.8 Å². The van der Waals surface area contributed by atoms with Crippen molar-refractivity contribution in [1.82, 2.24) is 9.88 Å². The van der Waals surface area contributed by atoms with Crippen LogP contribution in [0.5, 0.6) is 5.88 Å². The van der Waals surface area contributed by atoms with Crippen molar-refractivity contribution in [3.63, 3.8) is 0 Å². The normalized spacial score (nSPS) is 17.4. The average Bonchev–Trinajstić information content (AvgIpc) is 2.33. The molecule has 1 amide bonds. The summed E-state index contributed by atoms with van der Waals surface area (Å²) in [5.41, 5.74) is -0.930. The molecular weight excluding hydrogens is 260 g/mol. The molecule has 6 heteroatoms. The number of carbonyl (C=O) groups excluding carboxylic acids is 1. The van der Waals surface area contributed by atoms with Gasteiger partial charge in [-0.25, -0.2) is 9.78 Å². The Kier molecular flexibility index (Phi) is 3.60. The molecule has 0 radical (unpaired) electrons. The molecule has 0 aliphatic carbocycles. The van der Waals surface area contributed by atoms with E-state index < -0.39 is 17.3 Å². The van der Waals surface area contributed by atoms with Crippen molar-refractivity contribution >= 4 is 6.09 Å². The predicted octanol–water partition coefficient (Wildman–Crippen LogP) is 1.53. The maximum atomic E-state index is 11.8. The van der Waals surface area contributed by atoms with Gasteiger partial charge in [0.2, 0.25) is 5.88 Å². The summed E-state index contributed by atoms with van der Waals surface area (Å²) in [6.07, 6.45) is 1.15. The molecule has 0 bridgehead atoms. The van der Waals surface area contributed by atoms with Crippen LogP contribution >= 0.6 is 0 Å². The van der Waals surface area contributed by atoms with Gasteiger partial charge in [0.25, 0.3) is 0 Å². The molecule has 1 saturated heterocycles. The minimum atomic E-state index is -1.06. The largest absolute Gasteiger partial charge is 0.481 e. The smallest absolute Gasteiger partial charge is 0.410 e. The molecule has 2 heterocycles. The number of hydrogen-bond donors (Lipinski definition) is 1. The van der Waals surface area contributed by atoms with Crippen LogP contribution in [0.2, 0.25) is 0 Å². The summed E-state index contributed by atoms with van der Waals surface area (Å²) in [7, 11) is 1.53. The van der Waals surface area contributed by atoms with Crippen molar-refractivity contribution in [2.45, 2.75) is 32.0 Å². The second-order valence-electron chi connectivity index (χ2n) is 5.96. The number of rotatable bonds is 2. The van der Waals surface area contributed by atoms with E-state index in [0.717, 1.165) is 0 Å². The van der Waals surface area contributed by atoms with Gasteiger partial charge in [0.1, 0.15) is 11.2 Å². The number of aromatic nitrogens is 1. The van der Waals surface area contributed by atoms with Crippen LogP contribution in [0.4, 0.5) is 4.79 Å². The maximum Gasteiger partial charge on any atom is 0.410 e. The molecule has 110 valence electrons. The summed E-state index contributed by atoms with van der Waals surface area (Å²) in [6, 6.07) is 3.43. The molecule has 0 atom stereocenters. The van der Waals surface area contributed by atoms with Crippen molar-refractivity contribution in [3.05, 3.63) is 23.9 Å². The van der Waals surface area contributed by atoms with Crippen LogP contribution in [0.3, 0.4) is 0 Å². The van der Waals surface area contributed by atoms with Gasteiger partial charge in [-0.3, -0.25) is 0 Å². The van der Waals surface area contributed by atoms with Crippen LogP contribution in [0.15, 0.2) is 18.3 Å². The van der Waals surface area contributed by atoms with Crippen LogP contribution in [0, 0.1) is 0 Å². The summed E-state index contributed by atoms with van der Waals surface area (Å²) in [5, 5.41) is 10.4. The Morgan fingerprint density at radius 1 is 1.40 bits per heavy atom. The summed E-state index contributed by atoms with van der Waals surface area (Å²) < 4.78 is 10.2. The second-order valence-corrected chi connectivity index (χ2v) is 5.96. The lowest BCUT2D eigenvalue weighted by Crippen LogP contribution is -2.61. The van der Waals surface area contributed by atoms with Crippen LogP contribution in [0.1, 0.15) is 26.3 Å². The number of β-amino-alcohol motifs (C(OH)–C–C–N with tert-alkyl or cyclic N) is 1. The molecule has 1 aromatic heterocycles. The highest BCUT2D eigenvalue weighted by Gasteiger charge is 2.46. The van der Waals surface area contributed by atoms with Crippen molar-refractivity contribution in [2.75, 3.05) is 20.2 Å².